The number of nitrogens with zero attached hydrogens (tertiary/aromatic N) is 1. The van der Waals surface area contributed by atoms with E-state index in [1.807, 2.05) is 43.5 Å². The van der Waals surface area contributed by atoms with Crippen molar-refractivity contribution < 1.29 is 10.2 Å². The van der Waals surface area contributed by atoms with Crippen molar-refractivity contribution in [2.24, 2.45) is 0 Å². The molecule has 2 rings (SSSR count). The predicted octanol–water partition coefficient (Wildman–Crippen LogP) is 1.99. The molecule has 1 heterocycles. The Bertz CT molecular complexity index is 538. The molecule has 100 valence electrons. The van der Waals surface area contributed by atoms with Gasteiger partial charge >= 0.3 is 0 Å². The van der Waals surface area contributed by atoms with Crippen LogP contribution in [0.3, 0.4) is 0 Å². The van der Waals surface area contributed by atoms with Crippen LogP contribution < -0.4 is 5.32 Å². The number of aliphatic hydroxyl groups excluding tert-OH is 2. The van der Waals surface area contributed by atoms with E-state index in [4.69, 9.17) is 5.11 Å². The van der Waals surface area contributed by atoms with Crippen LogP contribution in [0.15, 0.2) is 36.5 Å². The first-order valence-corrected chi connectivity index (χ1v) is 6.22. The highest BCUT2D eigenvalue weighted by molar-refractivity contribution is 5.48. The number of nitrogens with one attached hydrogen (secondary N) is 1. The molecule has 0 atom stereocenters. The first-order valence-electron chi connectivity index (χ1n) is 6.22. The van der Waals surface area contributed by atoms with E-state index in [9.17, 15) is 5.11 Å². The van der Waals surface area contributed by atoms with Crippen LogP contribution >= 0.6 is 0 Å². The molecule has 0 saturated carbocycles. The number of benzene rings is 1. The van der Waals surface area contributed by atoms with Crippen molar-refractivity contribution in [1.29, 1.82) is 0 Å². The minimum atomic E-state index is -0.0752. The summed E-state index contributed by atoms with van der Waals surface area (Å²) < 4.78 is 0. The molecule has 0 saturated heterocycles. The van der Waals surface area contributed by atoms with Gasteiger partial charge in [-0.3, -0.25) is 4.98 Å². The summed E-state index contributed by atoms with van der Waals surface area (Å²) in [5.74, 6) is 0. The highest BCUT2D eigenvalue weighted by Crippen LogP contribution is 2.17. The second kappa shape index (κ2) is 6.31. The van der Waals surface area contributed by atoms with Crippen molar-refractivity contribution in [2.75, 3.05) is 5.32 Å². The highest BCUT2D eigenvalue weighted by Gasteiger charge is 2.02. The summed E-state index contributed by atoms with van der Waals surface area (Å²) in [4.78, 5) is 4.32. The fourth-order valence-corrected chi connectivity index (χ4v) is 1.83. The highest BCUT2D eigenvalue weighted by atomic mass is 16.3. The molecule has 3 N–H and O–H groups in total. The zero-order valence-electron chi connectivity index (χ0n) is 10.9. The summed E-state index contributed by atoms with van der Waals surface area (Å²) in [6, 6.07) is 9.56. The number of pyridine rings is 1. The monoisotopic (exact) mass is 258 g/mol. The Kier molecular flexibility index (Phi) is 4.49. The summed E-state index contributed by atoms with van der Waals surface area (Å²) in [5.41, 5.74) is 4.50. The van der Waals surface area contributed by atoms with Crippen molar-refractivity contribution in [2.45, 2.75) is 26.7 Å². The number of hydrogen-bond donors (Lipinski definition) is 3. The standard InChI is InChI=1S/C15H18N2O2/c1-11-2-4-15(16-7-11)8-17-14-5-3-12(9-18)13(6-14)10-19/h2-7,17-19H,8-10H2,1H3. The van der Waals surface area contributed by atoms with Gasteiger partial charge in [0, 0.05) is 11.9 Å². The second-order valence-electron chi connectivity index (χ2n) is 4.48. The molecular weight excluding hydrogens is 240 g/mol. The fraction of sp³-hybridized carbons (Fsp3) is 0.267. The third kappa shape index (κ3) is 3.53. The molecule has 19 heavy (non-hydrogen) atoms. The first-order chi connectivity index (χ1) is 9.22. The number of anilines is 1. The van der Waals surface area contributed by atoms with Gasteiger partial charge in [0.1, 0.15) is 0 Å². The summed E-state index contributed by atoms with van der Waals surface area (Å²) in [7, 11) is 0. The van der Waals surface area contributed by atoms with Crippen LogP contribution in [0.4, 0.5) is 5.69 Å². The molecule has 1 aromatic heterocycles. The third-order valence-electron chi connectivity index (χ3n) is 2.99. The summed E-state index contributed by atoms with van der Waals surface area (Å²) >= 11 is 0. The molecule has 0 aliphatic heterocycles. The van der Waals surface area contributed by atoms with Gasteiger partial charge in [0.15, 0.2) is 0 Å². The van der Waals surface area contributed by atoms with Gasteiger partial charge in [-0.05, 0) is 41.8 Å². The number of hydrogen-bond acceptors (Lipinski definition) is 4. The Morgan fingerprint density at radius 3 is 2.47 bits per heavy atom. The molecule has 4 heteroatoms. The van der Waals surface area contributed by atoms with Gasteiger partial charge in [0.25, 0.3) is 0 Å². The number of aryl methyl sites for hydroxylation is 1. The smallest absolute Gasteiger partial charge is 0.0686 e. The first kappa shape index (κ1) is 13.5. The van der Waals surface area contributed by atoms with Gasteiger partial charge in [-0.1, -0.05) is 12.1 Å². The molecule has 0 aliphatic rings. The topological polar surface area (TPSA) is 65.4 Å². The predicted molar refractivity (Wildman–Crippen MR) is 74.6 cm³/mol. The lowest BCUT2D eigenvalue weighted by atomic mass is 10.1. The Morgan fingerprint density at radius 2 is 1.84 bits per heavy atom. The molecule has 0 aliphatic carbocycles. The van der Waals surface area contributed by atoms with Crippen LogP contribution in [-0.4, -0.2) is 15.2 Å². The minimum Gasteiger partial charge on any atom is -0.392 e. The molecule has 0 amide bonds. The van der Waals surface area contributed by atoms with Crippen LogP contribution in [0, 0.1) is 6.92 Å². The van der Waals surface area contributed by atoms with E-state index in [-0.39, 0.29) is 13.2 Å². The normalized spacial score (nSPS) is 10.5. The van der Waals surface area contributed by atoms with Gasteiger partial charge < -0.3 is 15.5 Å². The maximum absolute atomic E-state index is 9.24. The zero-order chi connectivity index (χ0) is 13.7. The number of aliphatic hydroxyl groups is 2. The van der Waals surface area contributed by atoms with E-state index in [0.29, 0.717) is 6.54 Å². The summed E-state index contributed by atoms with van der Waals surface area (Å²) in [6.07, 6.45) is 1.84. The average molecular weight is 258 g/mol. The fourth-order valence-electron chi connectivity index (χ4n) is 1.83. The van der Waals surface area contributed by atoms with Crippen LogP contribution in [0.25, 0.3) is 0 Å². The molecule has 1 aromatic carbocycles. The maximum Gasteiger partial charge on any atom is 0.0686 e. The Balaban J connectivity index is 2.05. The largest absolute Gasteiger partial charge is 0.392 e. The molecule has 4 nitrogen and oxygen atoms in total. The quantitative estimate of drug-likeness (QED) is 0.767. The lowest BCUT2D eigenvalue weighted by Crippen LogP contribution is -2.03. The van der Waals surface area contributed by atoms with Gasteiger partial charge in [0.05, 0.1) is 25.5 Å². The maximum atomic E-state index is 9.24. The Labute approximate surface area is 112 Å². The summed E-state index contributed by atoms with van der Waals surface area (Å²) in [6.45, 7) is 2.50. The van der Waals surface area contributed by atoms with Gasteiger partial charge in [-0.2, -0.15) is 0 Å². The molecular formula is C15H18N2O2. The SMILES string of the molecule is Cc1ccc(CNc2ccc(CO)c(CO)c2)nc1. The van der Waals surface area contributed by atoms with Crippen LogP contribution in [0.5, 0.6) is 0 Å². The van der Waals surface area contributed by atoms with E-state index in [0.717, 1.165) is 28.1 Å². The second-order valence-corrected chi connectivity index (χ2v) is 4.48. The third-order valence-corrected chi connectivity index (χ3v) is 2.99. The van der Waals surface area contributed by atoms with Crippen LogP contribution in [-0.2, 0) is 19.8 Å². The molecule has 0 fully saturated rings. The lowest BCUT2D eigenvalue weighted by Gasteiger charge is -2.10. The summed E-state index contributed by atoms with van der Waals surface area (Å²) in [5, 5.41) is 21.6. The van der Waals surface area contributed by atoms with Crippen LogP contribution in [0.1, 0.15) is 22.4 Å². The molecule has 0 radical (unpaired) electrons. The van der Waals surface area contributed by atoms with Crippen molar-refractivity contribution in [3.05, 3.63) is 58.9 Å². The van der Waals surface area contributed by atoms with E-state index >= 15 is 0 Å². The van der Waals surface area contributed by atoms with Gasteiger partial charge in [-0.15, -0.1) is 0 Å². The van der Waals surface area contributed by atoms with Crippen molar-refractivity contribution in [3.8, 4) is 0 Å². The molecule has 0 spiro atoms. The van der Waals surface area contributed by atoms with E-state index in [1.165, 1.54) is 0 Å². The van der Waals surface area contributed by atoms with Crippen molar-refractivity contribution >= 4 is 5.69 Å². The number of rotatable bonds is 5. The van der Waals surface area contributed by atoms with E-state index in [1.54, 1.807) is 0 Å². The zero-order valence-corrected chi connectivity index (χ0v) is 10.9. The molecule has 0 bridgehead atoms. The van der Waals surface area contributed by atoms with Crippen molar-refractivity contribution in [3.63, 3.8) is 0 Å². The van der Waals surface area contributed by atoms with Crippen molar-refractivity contribution in [1.82, 2.24) is 4.98 Å². The molecule has 0 unspecified atom stereocenters. The lowest BCUT2D eigenvalue weighted by molar-refractivity contribution is 0.260. The van der Waals surface area contributed by atoms with Gasteiger partial charge in [0.2, 0.25) is 0 Å². The van der Waals surface area contributed by atoms with E-state index < -0.39 is 0 Å². The average Bonchev–Trinajstić information content (AvgIpc) is 2.46. The Morgan fingerprint density at radius 1 is 1.05 bits per heavy atom. The van der Waals surface area contributed by atoms with E-state index in [2.05, 4.69) is 10.3 Å². The Hall–Kier alpha value is -1.91. The number of aromatic nitrogens is 1. The minimum absolute atomic E-state index is 0.0598. The van der Waals surface area contributed by atoms with Crippen LogP contribution in [0.2, 0.25) is 0 Å². The molecule has 2 aromatic rings. The van der Waals surface area contributed by atoms with Gasteiger partial charge in [-0.25, -0.2) is 0 Å².